The van der Waals surface area contributed by atoms with Gasteiger partial charge in [0.15, 0.2) is 17.5 Å². The lowest BCUT2D eigenvalue weighted by Crippen LogP contribution is -2.22. The van der Waals surface area contributed by atoms with Gasteiger partial charge in [0.05, 0.1) is 0 Å². The number of fused-ring (bicyclic) bond motifs is 8. The molecule has 11 rings (SSSR count). The second-order valence-corrected chi connectivity index (χ2v) is 14.0. The zero-order chi connectivity index (χ0) is 34.9. The molecule has 53 heavy (non-hydrogen) atoms. The van der Waals surface area contributed by atoms with E-state index in [0.29, 0.717) is 23.5 Å². The summed E-state index contributed by atoms with van der Waals surface area (Å²) in [6, 6.07) is 57.9. The van der Waals surface area contributed by atoms with Crippen molar-refractivity contribution >= 4 is 33.3 Å². The van der Waals surface area contributed by atoms with E-state index in [4.69, 9.17) is 19.4 Å². The number of hydrogen-bond acceptors (Lipinski definition) is 5. The Labute approximate surface area is 306 Å². The van der Waals surface area contributed by atoms with E-state index in [1.807, 2.05) is 72.8 Å². The van der Waals surface area contributed by atoms with Gasteiger partial charge < -0.3 is 9.32 Å². The number of anilines is 2. The molecule has 2 aliphatic rings. The molecule has 0 bridgehead atoms. The summed E-state index contributed by atoms with van der Waals surface area (Å²) < 4.78 is 6.45. The first-order chi connectivity index (χ1) is 26.2. The number of benzene rings is 7. The van der Waals surface area contributed by atoms with Crippen LogP contribution in [0.1, 0.15) is 11.1 Å². The predicted octanol–water partition coefficient (Wildman–Crippen LogP) is 11.7. The average molecular weight is 681 g/mol. The van der Waals surface area contributed by atoms with Crippen LogP contribution < -0.4 is 4.90 Å². The van der Waals surface area contributed by atoms with E-state index in [1.165, 1.54) is 39.2 Å². The third kappa shape index (κ3) is 4.96. The molecular formula is C48H32N4O. The monoisotopic (exact) mass is 680 g/mol. The molecular weight excluding hydrogens is 649 g/mol. The lowest BCUT2D eigenvalue weighted by atomic mass is 9.96. The van der Waals surface area contributed by atoms with Gasteiger partial charge >= 0.3 is 0 Å². The van der Waals surface area contributed by atoms with E-state index >= 15 is 0 Å². The van der Waals surface area contributed by atoms with Crippen LogP contribution in [0.25, 0.3) is 78.4 Å². The second-order valence-electron chi connectivity index (χ2n) is 14.0. The molecule has 1 atom stereocenters. The fourth-order valence-corrected chi connectivity index (χ4v) is 8.37. The fraction of sp³-hybridized carbons (Fsp3) is 0.0625. The lowest BCUT2D eigenvalue weighted by molar-refractivity contribution is 0.669. The van der Waals surface area contributed by atoms with Crippen molar-refractivity contribution < 1.29 is 4.42 Å². The van der Waals surface area contributed by atoms with Gasteiger partial charge in [0.25, 0.3) is 0 Å². The summed E-state index contributed by atoms with van der Waals surface area (Å²) in [5, 5.41) is 2.04. The molecule has 250 valence electrons. The summed E-state index contributed by atoms with van der Waals surface area (Å²) in [7, 11) is 0. The van der Waals surface area contributed by atoms with Crippen LogP contribution in [0.15, 0.2) is 168 Å². The molecule has 0 aliphatic carbocycles. The minimum atomic E-state index is 0.450. The summed E-state index contributed by atoms with van der Waals surface area (Å²) >= 11 is 0. The van der Waals surface area contributed by atoms with Crippen LogP contribution in [0.4, 0.5) is 11.4 Å². The van der Waals surface area contributed by atoms with Crippen LogP contribution in [-0.4, -0.2) is 21.0 Å². The van der Waals surface area contributed by atoms with Crippen molar-refractivity contribution in [3.8, 4) is 56.4 Å². The molecule has 5 nitrogen and oxygen atoms in total. The molecule has 0 amide bonds. The molecule has 4 heterocycles. The second kappa shape index (κ2) is 11.9. The molecule has 7 aromatic carbocycles. The number of rotatable bonds is 5. The van der Waals surface area contributed by atoms with E-state index in [2.05, 4.69) is 95.9 Å². The zero-order valence-electron chi connectivity index (χ0n) is 28.8. The van der Waals surface area contributed by atoms with Crippen molar-refractivity contribution in [1.82, 2.24) is 15.0 Å². The van der Waals surface area contributed by atoms with Gasteiger partial charge in [-0.05, 0) is 88.7 Å². The highest BCUT2D eigenvalue weighted by Gasteiger charge is 2.37. The van der Waals surface area contributed by atoms with Crippen molar-refractivity contribution in [3.05, 3.63) is 175 Å². The fourth-order valence-electron chi connectivity index (χ4n) is 8.37. The molecule has 0 N–H and O–H groups in total. The molecule has 2 aromatic heterocycles. The predicted molar refractivity (Wildman–Crippen MR) is 214 cm³/mol. The molecule has 5 heteroatoms. The van der Waals surface area contributed by atoms with Crippen LogP contribution in [0.2, 0.25) is 0 Å². The number of hydrogen-bond donors (Lipinski definition) is 0. The van der Waals surface area contributed by atoms with Gasteiger partial charge in [-0.25, -0.2) is 15.0 Å². The topological polar surface area (TPSA) is 55.1 Å². The van der Waals surface area contributed by atoms with Crippen molar-refractivity contribution in [2.24, 2.45) is 0 Å². The SMILES string of the molecule is c1ccc(-c2ccc3c(c2)CC2Cc4cc(-c5ccc6oc7cccc(-c8nc(-c9ccccc9)nc(-c9ccccc9)n8)c7c6c5)ccc4N32)cc1. The van der Waals surface area contributed by atoms with Crippen molar-refractivity contribution in [2.75, 3.05) is 4.90 Å². The quantitative estimate of drug-likeness (QED) is 0.181. The highest BCUT2D eigenvalue weighted by Crippen LogP contribution is 2.48. The van der Waals surface area contributed by atoms with Crippen LogP contribution in [0, 0.1) is 0 Å². The molecule has 0 saturated carbocycles. The highest BCUT2D eigenvalue weighted by molar-refractivity contribution is 6.12. The Morgan fingerprint density at radius 1 is 0.434 bits per heavy atom. The summed E-state index contributed by atoms with van der Waals surface area (Å²) in [4.78, 5) is 17.6. The van der Waals surface area contributed by atoms with Gasteiger partial charge in [-0.15, -0.1) is 0 Å². The molecule has 0 spiro atoms. The van der Waals surface area contributed by atoms with Crippen LogP contribution in [-0.2, 0) is 12.8 Å². The maximum atomic E-state index is 6.45. The van der Waals surface area contributed by atoms with Crippen molar-refractivity contribution in [3.63, 3.8) is 0 Å². The summed E-state index contributed by atoms with van der Waals surface area (Å²) in [6.07, 6.45) is 2.09. The molecule has 2 aliphatic heterocycles. The normalized spacial score (nSPS) is 14.4. The first-order valence-electron chi connectivity index (χ1n) is 18.2. The maximum absolute atomic E-state index is 6.45. The van der Waals surface area contributed by atoms with Crippen LogP contribution >= 0.6 is 0 Å². The summed E-state index contributed by atoms with van der Waals surface area (Å²) in [6.45, 7) is 0. The Balaban J connectivity index is 0.990. The smallest absolute Gasteiger partial charge is 0.164 e. The standard InChI is InChI=1S/C48H32N4O/c1-4-11-30(12-5-1)33-19-22-41-36(25-33)27-38-28-37-26-34(20-23-42(37)52(38)41)35-21-24-43-40(29-35)45-39(17-10-18-44(45)53-43)48-50-46(31-13-6-2-7-14-31)49-47(51-48)32-15-8-3-9-16-32/h1-26,29,38H,27-28H2. The summed E-state index contributed by atoms with van der Waals surface area (Å²) in [5.41, 5.74) is 14.8. The molecule has 0 fully saturated rings. The number of nitrogens with zero attached hydrogens (tertiary/aromatic N) is 4. The van der Waals surface area contributed by atoms with Gasteiger partial charge in [-0.1, -0.05) is 121 Å². The van der Waals surface area contributed by atoms with E-state index in [0.717, 1.165) is 57.0 Å². The van der Waals surface area contributed by atoms with E-state index in [9.17, 15) is 0 Å². The number of aromatic nitrogens is 3. The van der Waals surface area contributed by atoms with E-state index in [-0.39, 0.29) is 0 Å². The van der Waals surface area contributed by atoms with Gasteiger partial charge in [-0.3, -0.25) is 0 Å². The van der Waals surface area contributed by atoms with Gasteiger partial charge in [-0.2, -0.15) is 0 Å². The average Bonchev–Trinajstić information content (AvgIpc) is 3.90. The Morgan fingerprint density at radius 3 is 1.58 bits per heavy atom. The van der Waals surface area contributed by atoms with Crippen molar-refractivity contribution in [2.45, 2.75) is 18.9 Å². The molecule has 0 saturated heterocycles. The van der Waals surface area contributed by atoms with Gasteiger partial charge in [0.1, 0.15) is 11.2 Å². The lowest BCUT2D eigenvalue weighted by Gasteiger charge is -2.21. The molecule has 9 aromatic rings. The highest BCUT2D eigenvalue weighted by atomic mass is 16.3. The first kappa shape index (κ1) is 29.8. The zero-order valence-corrected chi connectivity index (χ0v) is 28.8. The summed E-state index contributed by atoms with van der Waals surface area (Å²) in [5.74, 6) is 1.89. The Morgan fingerprint density at radius 2 is 0.962 bits per heavy atom. The number of furan rings is 1. The third-order valence-electron chi connectivity index (χ3n) is 10.8. The minimum Gasteiger partial charge on any atom is -0.456 e. The minimum absolute atomic E-state index is 0.450. The Bertz CT molecular complexity index is 2790. The van der Waals surface area contributed by atoms with Gasteiger partial charge in [0.2, 0.25) is 0 Å². The van der Waals surface area contributed by atoms with Crippen LogP contribution in [0.3, 0.4) is 0 Å². The van der Waals surface area contributed by atoms with Crippen LogP contribution in [0.5, 0.6) is 0 Å². The maximum Gasteiger partial charge on any atom is 0.164 e. The van der Waals surface area contributed by atoms with E-state index < -0.39 is 0 Å². The largest absolute Gasteiger partial charge is 0.456 e. The van der Waals surface area contributed by atoms with Crippen molar-refractivity contribution in [1.29, 1.82) is 0 Å². The molecule has 1 unspecified atom stereocenters. The molecule has 0 radical (unpaired) electrons. The first-order valence-corrected chi connectivity index (χ1v) is 18.2. The Hall–Kier alpha value is -6.85. The van der Waals surface area contributed by atoms with Gasteiger partial charge in [0, 0.05) is 44.9 Å². The Kier molecular flexibility index (Phi) is 6.68. The van der Waals surface area contributed by atoms with E-state index in [1.54, 1.807) is 0 Å². The third-order valence-corrected chi connectivity index (χ3v) is 10.8.